The Morgan fingerprint density at radius 1 is 1.37 bits per heavy atom. The van der Waals surface area contributed by atoms with E-state index in [0.29, 0.717) is 6.04 Å². The van der Waals surface area contributed by atoms with Crippen molar-refractivity contribution in [1.29, 1.82) is 0 Å². The molecule has 3 rings (SSSR count). The largest absolute Gasteiger partial charge is 0.383 e. The normalized spacial score (nSPS) is 16.3. The van der Waals surface area contributed by atoms with Gasteiger partial charge in [0, 0.05) is 12.8 Å². The Hall–Kier alpha value is -1.95. The van der Waals surface area contributed by atoms with Crippen LogP contribution in [0.3, 0.4) is 0 Å². The summed E-state index contributed by atoms with van der Waals surface area (Å²) >= 11 is 0. The number of aromatic nitrogens is 4. The average Bonchev–Trinajstić information content (AvgIpc) is 3.14. The second-order valence-corrected chi connectivity index (χ2v) is 4.84. The van der Waals surface area contributed by atoms with E-state index in [2.05, 4.69) is 20.8 Å². The van der Waals surface area contributed by atoms with Crippen LogP contribution < -0.4 is 5.32 Å². The summed E-state index contributed by atoms with van der Waals surface area (Å²) in [4.78, 5) is 0. The zero-order valence-corrected chi connectivity index (χ0v) is 10.9. The first-order valence-electron chi connectivity index (χ1n) is 6.46. The lowest BCUT2D eigenvalue weighted by Crippen LogP contribution is -2.27. The molecule has 100 valence electrons. The van der Waals surface area contributed by atoms with Crippen molar-refractivity contribution in [3.63, 3.8) is 0 Å². The van der Waals surface area contributed by atoms with E-state index < -0.39 is 0 Å². The summed E-state index contributed by atoms with van der Waals surface area (Å²) < 4.78 is 6.90. The summed E-state index contributed by atoms with van der Waals surface area (Å²) in [7, 11) is 1.75. The molecule has 1 atom stereocenters. The molecule has 1 fully saturated rings. The molecule has 0 saturated heterocycles. The van der Waals surface area contributed by atoms with Gasteiger partial charge in [0.1, 0.15) is 6.33 Å². The maximum Gasteiger partial charge on any atom is 0.143 e. The van der Waals surface area contributed by atoms with Crippen LogP contribution >= 0.6 is 0 Å². The SMILES string of the molecule is COCC(Nc1ccc(-n2cnnn2)cc1)C1CC1. The Morgan fingerprint density at radius 3 is 2.74 bits per heavy atom. The molecule has 1 aliphatic carbocycles. The maximum atomic E-state index is 5.27. The van der Waals surface area contributed by atoms with Gasteiger partial charge in [-0.15, -0.1) is 5.10 Å². The van der Waals surface area contributed by atoms with Gasteiger partial charge >= 0.3 is 0 Å². The van der Waals surface area contributed by atoms with Crippen LogP contribution in [0.2, 0.25) is 0 Å². The summed E-state index contributed by atoms with van der Waals surface area (Å²) in [5.74, 6) is 0.749. The molecule has 1 aliphatic rings. The third-order valence-corrected chi connectivity index (χ3v) is 3.37. The first kappa shape index (κ1) is 12.1. The Kier molecular flexibility index (Phi) is 3.41. The average molecular weight is 259 g/mol. The lowest BCUT2D eigenvalue weighted by atomic mass is 10.2. The molecule has 2 aromatic rings. The van der Waals surface area contributed by atoms with Crippen molar-refractivity contribution in [2.45, 2.75) is 18.9 Å². The summed E-state index contributed by atoms with van der Waals surface area (Å²) in [6, 6.07) is 8.48. The molecular weight excluding hydrogens is 242 g/mol. The Bertz CT molecular complexity index is 506. The zero-order chi connectivity index (χ0) is 13.1. The minimum Gasteiger partial charge on any atom is -0.383 e. The summed E-state index contributed by atoms with van der Waals surface area (Å²) in [5, 5.41) is 14.6. The van der Waals surface area contributed by atoms with Crippen LogP contribution in [0.25, 0.3) is 5.69 Å². The highest BCUT2D eigenvalue weighted by molar-refractivity contribution is 5.49. The van der Waals surface area contributed by atoms with Gasteiger partial charge < -0.3 is 10.1 Å². The number of nitrogens with zero attached hydrogens (tertiary/aromatic N) is 4. The number of rotatable bonds is 6. The van der Waals surface area contributed by atoms with Crippen molar-refractivity contribution in [2.24, 2.45) is 5.92 Å². The van der Waals surface area contributed by atoms with Crippen molar-refractivity contribution >= 4 is 5.69 Å². The number of hydrogen-bond donors (Lipinski definition) is 1. The number of nitrogens with one attached hydrogen (secondary N) is 1. The lowest BCUT2D eigenvalue weighted by Gasteiger charge is -2.18. The highest BCUT2D eigenvalue weighted by atomic mass is 16.5. The molecule has 1 N–H and O–H groups in total. The molecule has 1 aromatic heterocycles. The Labute approximate surface area is 111 Å². The van der Waals surface area contributed by atoms with E-state index in [4.69, 9.17) is 4.74 Å². The molecule has 1 heterocycles. The second-order valence-electron chi connectivity index (χ2n) is 4.84. The zero-order valence-electron chi connectivity index (χ0n) is 10.9. The minimum absolute atomic E-state index is 0.406. The molecule has 0 bridgehead atoms. The molecule has 1 aromatic carbocycles. The predicted molar refractivity (Wildman–Crippen MR) is 71.2 cm³/mol. The summed E-state index contributed by atoms with van der Waals surface area (Å²) in [6.07, 6.45) is 4.17. The van der Waals surface area contributed by atoms with E-state index in [1.165, 1.54) is 12.8 Å². The molecule has 6 nitrogen and oxygen atoms in total. The van der Waals surface area contributed by atoms with Gasteiger partial charge in [0.25, 0.3) is 0 Å². The van der Waals surface area contributed by atoms with Crippen LogP contribution in [0, 0.1) is 5.92 Å². The highest BCUT2D eigenvalue weighted by Gasteiger charge is 2.30. The van der Waals surface area contributed by atoms with E-state index in [1.54, 1.807) is 18.1 Å². The first-order chi connectivity index (χ1) is 9.36. The molecule has 6 heteroatoms. The molecule has 0 spiro atoms. The molecule has 0 amide bonds. The van der Waals surface area contributed by atoms with Crippen LogP contribution in [0.1, 0.15) is 12.8 Å². The molecule has 19 heavy (non-hydrogen) atoms. The van der Waals surface area contributed by atoms with E-state index in [9.17, 15) is 0 Å². The van der Waals surface area contributed by atoms with Gasteiger partial charge in [-0.2, -0.15) is 0 Å². The van der Waals surface area contributed by atoms with Crippen LogP contribution in [0.5, 0.6) is 0 Å². The Morgan fingerprint density at radius 2 is 2.16 bits per heavy atom. The van der Waals surface area contributed by atoms with E-state index >= 15 is 0 Å². The van der Waals surface area contributed by atoms with E-state index in [-0.39, 0.29) is 0 Å². The van der Waals surface area contributed by atoms with Gasteiger partial charge in [-0.1, -0.05) is 0 Å². The third kappa shape index (κ3) is 2.90. The monoisotopic (exact) mass is 259 g/mol. The van der Waals surface area contributed by atoms with Gasteiger partial charge in [-0.3, -0.25) is 0 Å². The summed E-state index contributed by atoms with van der Waals surface area (Å²) in [5.41, 5.74) is 2.05. The van der Waals surface area contributed by atoms with Crippen LogP contribution in [0.15, 0.2) is 30.6 Å². The van der Waals surface area contributed by atoms with Crippen LogP contribution in [0.4, 0.5) is 5.69 Å². The van der Waals surface area contributed by atoms with Gasteiger partial charge in [-0.25, -0.2) is 4.68 Å². The predicted octanol–water partition coefficient (Wildman–Crippen LogP) is 1.50. The lowest BCUT2D eigenvalue weighted by molar-refractivity contribution is 0.179. The number of hydrogen-bond acceptors (Lipinski definition) is 5. The quantitative estimate of drug-likeness (QED) is 0.851. The van der Waals surface area contributed by atoms with Gasteiger partial charge in [-0.05, 0) is 53.5 Å². The molecule has 0 radical (unpaired) electrons. The number of methoxy groups -OCH3 is 1. The number of benzene rings is 1. The van der Waals surface area contributed by atoms with Crippen LogP contribution in [-0.4, -0.2) is 40.0 Å². The van der Waals surface area contributed by atoms with Crippen molar-refractivity contribution in [3.05, 3.63) is 30.6 Å². The molecular formula is C13H17N5O. The first-order valence-corrected chi connectivity index (χ1v) is 6.46. The fraction of sp³-hybridized carbons (Fsp3) is 0.462. The van der Waals surface area contributed by atoms with E-state index in [0.717, 1.165) is 23.9 Å². The second kappa shape index (κ2) is 5.36. The fourth-order valence-electron chi connectivity index (χ4n) is 2.18. The summed E-state index contributed by atoms with van der Waals surface area (Å²) in [6.45, 7) is 0.749. The highest BCUT2D eigenvalue weighted by Crippen LogP contribution is 2.34. The molecule has 1 saturated carbocycles. The molecule has 1 unspecified atom stereocenters. The van der Waals surface area contributed by atoms with Gasteiger partial charge in [0.2, 0.25) is 0 Å². The van der Waals surface area contributed by atoms with Gasteiger partial charge in [0.15, 0.2) is 0 Å². The van der Waals surface area contributed by atoms with Crippen molar-refractivity contribution in [3.8, 4) is 5.69 Å². The third-order valence-electron chi connectivity index (χ3n) is 3.37. The number of ether oxygens (including phenoxy) is 1. The van der Waals surface area contributed by atoms with E-state index in [1.807, 2.05) is 24.3 Å². The van der Waals surface area contributed by atoms with Crippen LogP contribution in [-0.2, 0) is 4.74 Å². The number of tetrazole rings is 1. The smallest absolute Gasteiger partial charge is 0.143 e. The minimum atomic E-state index is 0.406. The fourth-order valence-corrected chi connectivity index (χ4v) is 2.18. The number of anilines is 1. The molecule has 0 aliphatic heterocycles. The van der Waals surface area contributed by atoms with Gasteiger partial charge in [0.05, 0.1) is 18.3 Å². The topological polar surface area (TPSA) is 64.9 Å². The standard InChI is InChI=1S/C13H17N5O/c1-19-8-13(10-2-3-10)15-11-4-6-12(7-5-11)18-9-14-16-17-18/h4-7,9-10,13,15H,2-3,8H2,1H3. The van der Waals surface area contributed by atoms with Crippen molar-refractivity contribution in [2.75, 3.05) is 19.0 Å². The maximum absolute atomic E-state index is 5.27. The van der Waals surface area contributed by atoms with Crippen molar-refractivity contribution < 1.29 is 4.74 Å². The Balaban J connectivity index is 1.68. The van der Waals surface area contributed by atoms with Crippen molar-refractivity contribution in [1.82, 2.24) is 20.2 Å².